The van der Waals surface area contributed by atoms with Gasteiger partial charge in [0.2, 0.25) is 0 Å². The predicted molar refractivity (Wildman–Crippen MR) is 84.3 cm³/mol. The molecule has 116 valence electrons. The molecular weight excluding hydrogens is 266 g/mol. The number of pyridine rings is 1. The molecule has 2 rings (SSSR count). The van der Waals surface area contributed by atoms with Crippen LogP contribution in [-0.2, 0) is 11.2 Å². The number of morpholine rings is 1. The summed E-state index contributed by atoms with van der Waals surface area (Å²) in [7, 11) is 0. The first-order chi connectivity index (χ1) is 10.3. The standard InChI is InChI=1S/C15H25N5O/c16-15(19-7-4-14-3-1-5-17-13-14)18-6-2-8-20-9-11-21-12-10-20/h1,3,5,13H,2,4,6-12H2,(H3,16,18,19). The maximum Gasteiger partial charge on any atom is 0.188 e. The van der Waals surface area contributed by atoms with Crippen LogP contribution in [0.5, 0.6) is 0 Å². The van der Waals surface area contributed by atoms with Gasteiger partial charge in [0, 0.05) is 45.1 Å². The summed E-state index contributed by atoms with van der Waals surface area (Å²) in [6, 6.07) is 4.00. The topological polar surface area (TPSA) is 75.8 Å². The molecule has 3 N–H and O–H groups in total. The van der Waals surface area contributed by atoms with E-state index >= 15 is 0 Å². The summed E-state index contributed by atoms with van der Waals surface area (Å²) >= 11 is 0. The van der Waals surface area contributed by atoms with Crippen LogP contribution in [-0.4, -0.2) is 61.8 Å². The maximum absolute atomic E-state index is 5.85. The van der Waals surface area contributed by atoms with Gasteiger partial charge in [-0.05, 0) is 24.5 Å². The van der Waals surface area contributed by atoms with Gasteiger partial charge in [0.05, 0.1) is 13.2 Å². The first kappa shape index (κ1) is 15.7. The zero-order chi connectivity index (χ0) is 14.8. The van der Waals surface area contributed by atoms with Crippen LogP contribution in [0.2, 0.25) is 0 Å². The average Bonchev–Trinajstić information content (AvgIpc) is 2.54. The Morgan fingerprint density at radius 1 is 1.43 bits per heavy atom. The third-order valence-corrected chi connectivity index (χ3v) is 3.46. The molecule has 0 unspecified atom stereocenters. The van der Waals surface area contributed by atoms with E-state index in [1.807, 2.05) is 12.3 Å². The number of rotatable bonds is 7. The third-order valence-electron chi connectivity index (χ3n) is 3.46. The largest absolute Gasteiger partial charge is 0.379 e. The monoisotopic (exact) mass is 291 g/mol. The minimum atomic E-state index is 0.529. The first-order valence-electron chi connectivity index (χ1n) is 7.57. The van der Waals surface area contributed by atoms with E-state index in [0.29, 0.717) is 5.96 Å². The molecule has 0 aliphatic carbocycles. The highest BCUT2D eigenvalue weighted by Crippen LogP contribution is 1.98. The summed E-state index contributed by atoms with van der Waals surface area (Å²) in [5, 5.41) is 3.14. The Kier molecular flexibility index (Phi) is 6.97. The van der Waals surface area contributed by atoms with Gasteiger partial charge in [-0.3, -0.25) is 14.9 Å². The van der Waals surface area contributed by atoms with Crippen LogP contribution >= 0.6 is 0 Å². The lowest BCUT2D eigenvalue weighted by Crippen LogP contribution is -2.37. The lowest BCUT2D eigenvalue weighted by Gasteiger charge is -2.26. The lowest BCUT2D eigenvalue weighted by molar-refractivity contribution is 0.0377. The molecule has 0 bridgehead atoms. The summed E-state index contributed by atoms with van der Waals surface area (Å²) in [5.41, 5.74) is 7.05. The zero-order valence-electron chi connectivity index (χ0n) is 12.5. The van der Waals surface area contributed by atoms with Crippen LogP contribution in [0, 0.1) is 0 Å². The second kappa shape index (κ2) is 9.31. The van der Waals surface area contributed by atoms with Gasteiger partial charge in [-0.2, -0.15) is 0 Å². The van der Waals surface area contributed by atoms with E-state index in [1.165, 1.54) is 5.56 Å². The number of aliphatic imine (C=N–C) groups is 1. The number of nitrogens with one attached hydrogen (secondary N) is 1. The van der Waals surface area contributed by atoms with Crippen molar-refractivity contribution in [3.05, 3.63) is 30.1 Å². The SMILES string of the molecule is NC(=NCCCN1CCOCC1)NCCc1cccnc1. The second-order valence-electron chi connectivity index (χ2n) is 5.11. The summed E-state index contributed by atoms with van der Waals surface area (Å²) in [6.45, 7) is 6.37. The Morgan fingerprint density at radius 2 is 2.29 bits per heavy atom. The molecule has 1 aliphatic rings. The van der Waals surface area contributed by atoms with Crippen molar-refractivity contribution in [2.24, 2.45) is 10.7 Å². The molecule has 0 aromatic carbocycles. The number of hydrogen-bond donors (Lipinski definition) is 2. The Morgan fingerprint density at radius 3 is 3.05 bits per heavy atom. The highest BCUT2D eigenvalue weighted by atomic mass is 16.5. The van der Waals surface area contributed by atoms with E-state index in [1.54, 1.807) is 6.20 Å². The molecule has 1 aromatic heterocycles. The molecule has 0 spiro atoms. The Hall–Kier alpha value is -1.66. The van der Waals surface area contributed by atoms with E-state index in [-0.39, 0.29) is 0 Å². The Balaban J connectivity index is 1.54. The number of nitrogens with zero attached hydrogens (tertiary/aromatic N) is 3. The van der Waals surface area contributed by atoms with Gasteiger partial charge >= 0.3 is 0 Å². The van der Waals surface area contributed by atoms with Crippen LogP contribution in [0.25, 0.3) is 0 Å². The third kappa shape index (κ3) is 6.55. The summed E-state index contributed by atoms with van der Waals surface area (Å²) < 4.78 is 5.32. The zero-order valence-corrected chi connectivity index (χ0v) is 12.5. The number of guanidine groups is 1. The fourth-order valence-electron chi connectivity index (χ4n) is 2.26. The molecule has 21 heavy (non-hydrogen) atoms. The van der Waals surface area contributed by atoms with Crippen molar-refractivity contribution in [2.45, 2.75) is 12.8 Å². The number of ether oxygens (including phenoxy) is 1. The van der Waals surface area contributed by atoms with Crippen molar-refractivity contribution in [1.29, 1.82) is 0 Å². The molecule has 6 heteroatoms. The van der Waals surface area contributed by atoms with Crippen LogP contribution in [0.1, 0.15) is 12.0 Å². The normalized spacial score (nSPS) is 16.9. The average molecular weight is 291 g/mol. The molecule has 2 heterocycles. The molecule has 1 fully saturated rings. The van der Waals surface area contributed by atoms with Crippen molar-refractivity contribution in [3.8, 4) is 0 Å². The lowest BCUT2D eigenvalue weighted by atomic mass is 10.2. The molecular formula is C15H25N5O. The van der Waals surface area contributed by atoms with E-state index < -0.39 is 0 Å². The quantitative estimate of drug-likeness (QED) is 0.428. The first-order valence-corrected chi connectivity index (χ1v) is 7.57. The molecule has 0 saturated carbocycles. The maximum atomic E-state index is 5.85. The molecule has 6 nitrogen and oxygen atoms in total. The predicted octanol–water partition coefficient (Wildman–Crippen LogP) is 0.251. The van der Waals surface area contributed by atoms with Crippen LogP contribution in [0.4, 0.5) is 0 Å². The van der Waals surface area contributed by atoms with E-state index in [4.69, 9.17) is 10.5 Å². The molecule has 0 amide bonds. The van der Waals surface area contributed by atoms with E-state index in [9.17, 15) is 0 Å². The number of hydrogen-bond acceptors (Lipinski definition) is 4. The van der Waals surface area contributed by atoms with E-state index in [2.05, 4.69) is 26.3 Å². The highest BCUT2D eigenvalue weighted by Gasteiger charge is 2.08. The van der Waals surface area contributed by atoms with Crippen molar-refractivity contribution in [1.82, 2.24) is 15.2 Å². The van der Waals surface area contributed by atoms with Gasteiger partial charge in [-0.15, -0.1) is 0 Å². The Bertz CT molecular complexity index is 417. The molecule has 1 aromatic rings. The Labute approximate surface area is 126 Å². The number of nitrogens with two attached hydrogens (primary N) is 1. The van der Waals surface area contributed by atoms with Gasteiger partial charge in [0.25, 0.3) is 0 Å². The molecule has 0 radical (unpaired) electrons. The van der Waals surface area contributed by atoms with Gasteiger partial charge in [-0.25, -0.2) is 0 Å². The van der Waals surface area contributed by atoms with Crippen molar-refractivity contribution >= 4 is 5.96 Å². The fourth-order valence-corrected chi connectivity index (χ4v) is 2.26. The molecule has 1 aliphatic heterocycles. The number of aromatic nitrogens is 1. The van der Waals surface area contributed by atoms with Gasteiger partial charge in [-0.1, -0.05) is 6.07 Å². The minimum absolute atomic E-state index is 0.529. The van der Waals surface area contributed by atoms with Crippen molar-refractivity contribution in [3.63, 3.8) is 0 Å². The van der Waals surface area contributed by atoms with Crippen LogP contribution in [0.15, 0.2) is 29.5 Å². The fraction of sp³-hybridized carbons (Fsp3) is 0.600. The summed E-state index contributed by atoms with van der Waals surface area (Å²) in [5.74, 6) is 0.529. The second-order valence-corrected chi connectivity index (χ2v) is 5.11. The van der Waals surface area contributed by atoms with Crippen LogP contribution in [0.3, 0.4) is 0 Å². The molecule has 0 atom stereocenters. The van der Waals surface area contributed by atoms with Crippen LogP contribution < -0.4 is 11.1 Å². The van der Waals surface area contributed by atoms with Crippen molar-refractivity contribution in [2.75, 3.05) is 45.9 Å². The van der Waals surface area contributed by atoms with Gasteiger partial charge in [0.1, 0.15) is 0 Å². The van der Waals surface area contributed by atoms with E-state index in [0.717, 1.165) is 58.8 Å². The smallest absolute Gasteiger partial charge is 0.188 e. The van der Waals surface area contributed by atoms with Crippen molar-refractivity contribution < 1.29 is 4.74 Å². The minimum Gasteiger partial charge on any atom is -0.379 e. The van der Waals surface area contributed by atoms with Gasteiger partial charge < -0.3 is 15.8 Å². The molecule has 1 saturated heterocycles. The summed E-state index contributed by atoms with van der Waals surface area (Å²) in [4.78, 5) is 10.8. The highest BCUT2D eigenvalue weighted by molar-refractivity contribution is 5.77. The van der Waals surface area contributed by atoms with Gasteiger partial charge in [0.15, 0.2) is 5.96 Å². The summed E-state index contributed by atoms with van der Waals surface area (Å²) in [6.07, 6.45) is 5.58.